The zero-order valence-electron chi connectivity index (χ0n) is 40.8. The van der Waals surface area contributed by atoms with E-state index in [4.69, 9.17) is 23.2 Å². The third kappa shape index (κ3) is 14.3. The van der Waals surface area contributed by atoms with Crippen molar-refractivity contribution in [3.8, 4) is 0 Å². The molecule has 2 fully saturated rings. The Balaban J connectivity index is 0.000000217. The Bertz CT molecular complexity index is 3230. The van der Waals surface area contributed by atoms with Crippen LogP contribution in [0.1, 0.15) is 75.8 Å². The molecule has 388 valence electrons. The monoisotopic (exact) mass is 1090 g/mol. The Labute approximate surface area is 440 Å². The van der Waals surface area contributed by atoms with E-state index in [9.17, 15) is 49.2 Å². The van der Waals surface area contributed by atoms with Gasteiger partial charge in [-0.05, 0) is 121 Å². The smallest absolute Gasteiger partial charge is 0.299 e. The van der Waals surface area contributed by atoms with Crippen LogP contribution in [0.5, 0.6) is 0 Å². The van der Waals surface area contributed by atoms with Crippen LogP contribution < -0.4 is 0 Å². The normalized spacial score (nSPS) is 16.4. The van der Waals surface area contributed by atoms with Crippen molar-refractivity contribution >= 4 is 66.4 Å². The van der Waals surface area contributed by atoms with E-state index in [1.165, 1.54) is 28.6 Å². The highest BCUT2D eigenvalue weighted by Crippen LogP contribution is 2.34. The quantitative estimate of drug-likeness (QED) is 0.0828. The van der Waals surface area contributed by atoms with Crippen LogP contribution in [0, 0.1) is 13.8 Å². The highest BCUT2D eigenvalue weighted by molar-refractivity contribution is 7.89. The van der Waals surface area contributed by atoms with E-state index in [2.05, 4.69) is 0 Å². The van der Waals surface area contributed by atoms with Crippen LogP contribution in [0.4, 0.5) is 13.2 Å². The minimum atomic E-state index is -4.56. The molecule has 0 spiro atoms. The zero-order chi connectivity index (χ0) is 53.4. The number of ketones is 4. The number of halogens is 5. The Morgan fingerprint density at radius 1 is 0.514 bits per heavy atom. The van der Waals surface area contributed by atoms with Gasteiger partial charge in [0.1, 0.15) is 11.6 Å². The molecule has 2 atom stereocenters. The molecule has 17 heteroatoms. The Morgan fingerprint density at radius 2 is 0.946 bits per heavy atom. The molecule has 0 saturated carbocycles. The molecule has 2 saturated heterocycles. The molecule has 74 heavy (non-hydrogen) atoms. The molecule has 2 heterocycles. The highest BCUT2D eigenvalue weighted by atomic mass is 35.5. The SMILES string of the molecule is Cc1ccc(CC(=O)Cc2ccc(S(=O)(=O)N3CCC[C@H]3C(=O)Cc3ccc(C(F)(F)F)cc3Cl)cc2)cc1.Cc1ccc(CC(=O)Cc2ccc(S(=O)(=O)N3CCC[C@H]3C(=O)Cc3ccccc3)cc2)cc1Cl. The number of carbonyl (C=O) groups is 4. The van der Waals surface area contributed by atoms with E-state index in [1.54, 1.807) is 30.3 Å². The molecule has 0 amide bonds. The number of Topliss-reactive ketones (excluding diaryl/α,β-unsaturated/α-hetero) is 4. The number of sulfonamides is 2. The number of hydrogen-bond donors (Lipinski definition) is 0. The van der Waals surface area contributed by atoms with Crippen LogP contribution in [0.3, 0.4) is 0 Å². The Morgan fingerprint density at radius 3 is 1.41 bits per heavy atom. The summed E-state index contributed by atoms with van der Waals surface area (Å²) in [5.74, 6) is -0.500. The van der Waals surface area contributed by atoms with Gasteiger partial charge in [0.2, 0.25) is 20.0 Å². The van der Waals surface area contributed by atoms with Crippen molar-refractivity contribution in [3.05, 3.63) is 200 Å². The van der Waals surface area contributed by atoms with E-state index < -0.39 is 49.7 Å². The first-order chi connectivity index (χ1) is 35.1. The Hall–Kier alpha value is -5.81. The van der Waals surface area contributed by atoms with Crippen LogP contribution in [0.15, 0.2) is 149 Å². The molecule has 0 aliphatic carbocycles. The van der Waals surface area contributed by atoms with Gasteiger partial charge in [0.15, 0.2) is 11.6 Å². The zero-order valence-corrected chi connectivity index (χ0v) is 43.9. The lowest BCUT2D eigenvalue weighted by atomic mass is 10.0. The lowest BCUT2D eigenvalue weighted by Crippen LogP contribution is -2.41. The van der Waals surface area contributed by atoms with Crippen LogP contribution in [-0.4, -0.2) is 73.8 Å². The first-order valence-electron chi connectivity index (χ1n) is 24.1. The molecule has 10 nitrogen and oxygen atoms in total. The molecular weight excluding hydrogens is 1030 g/mol. The summed E-state index contributed by atoms with van der Waals surface area (Å²) in [7, 11) is -7.83. The van der Waals surface area contributed by atoms with Crippen molar-refractivity contribution in [1.29, 1.82) is 0 Å². The number of hydrogen-bond acceptors (Lipinski definition) is 8. The minimum absolute atomic E-state index is 0.00147. The highest BCUT2D eigenvalue weighted by Gasteiger charge is 2.41. The van der Waals surface area contributed by atoms with E-state index >= 15 is 0 Å². The van der Waals surface area contributed by atoms with Crippen LogP contribution in [0.25, 0.3) is 0 Å². The number of aryl methyl sites for hydroxylation is 2. The second kappa shape index (κ2) is 24.2. The van der Waals surface area contributed by atoms with Crippen LogP contribution >= 0.6 is 23.2 Å². The number of rotatable bonds is 18. The molecule has 2 aliphatic heterocycles. The first-order valence-corrected chi connectivity index (χ1v) is 27.7. The van der Waals surface area contributed by atoms with Crippen molar-refractivity contribution in [2.45, 2.75) is 106 Å². The lowest BCUT2D eigenvalue weighted by Gasteiger charge is -2.23. The second-order valence-electron chi connectivity index (χ2n) is 18.8. The first kappa shape index (κ1) is 55.9. The van der Waals surface area contributed by atoms with Gasteiger partial charge in [0, 0.05) is 61.7 Å². The van der Waals surface area contributed by atoms with Crippen LogP contribution in [-0.2, 0) is 83.9 Å². The van der Waals surface area contributed by atoms with Gasteiger partial charge in [-0.2, -0.15) is 21.8 Å². The van der Waals surface area contributed by atoms with Gasteiger partial charge >= 0.3 is 6.18 Å². The number of carbonyl (C=O) groups excluding carboxylic acids is 4. The van der Waals surface area contributed by atoms with E-state index in [0.717, 1.165) is 55.9 Å². The lowest BCUT2D eigenvalue weighted by molar-refractivity contribution is -0.137. The van der Waals surface area contributed by atoms with Crippen molar-refractivity contribution in [1.82, 2.24) is 8.61 Å². The van der Waals surface area contributed by atoms with Gasteiger partial charge in [0.25, 0.3) is 0 Å². The average molecular weight is 1090 g/mol. The fourth-order valence-electron chi connectivity index (χ4n) is 9.10. The summed E-state index contributed by atoms with van der Waals surface area (Å²) in [4.78, 5) is 51.1. The predicted molar refractivity (Wildman–Crippen MR) is 279 cm³/mol. The minimum Gasteiger partial charge on any atom is -0.299 e. The van der Waals surface area contributed by atoms with Gasteiger partial charge in [-0.3, -0.25) is 19.2 Å². The second-order valence-corrected chi connectivity index (χ2v) is 23.4. The average Bonchev–Trinajstić information content (AvgIpc) is 4.08. The predicted octanol–water partition coefficient (Wildman–Crippen LogP) is 11.0. The molecule has 0 aromatic heterocycles. The summed E-state index contributed by atoms with van der Waals surface area (Å²) >= 11 is 12.2. The van der Waals surface area contributed by atoms with Gasteiger partial charge < -0.3 is 0 Å². The van der Waals surface area contributed by atoms with Crippen LogP contribution in [0.2, 0.25) is 10.0 Å². The third-order valence-corrected chi connectivity index (χ3v) is 17.7. The molecule has 2 aliphatic rings. The molecule has 8 rings (SSSR count). The number of nitrogens with zero attached hydrogens (tertiary/aromatic N) is 2. The maximum absolute atomic E-state index is 13.4. The van der Waals surface area contributed by atoms with Gasteiger partial charge in [-0.1, -0.05) is 126 Å². The third-order valence-electron chi connectivity index (χ3n) is 13.1. The molecule has 0 unspecified atom stereocenters. The molecule has 6 aromatic carbocycles. The van der Waals surface area contributed by atoms with E-state index in [0.29, 0.717) is 42.8 Å². The standard InChI is InChI=1S/C29H27ClF3NO4S.C28H28ClNO4S/c1-19-4-6-20(7-5-19)15-24(35)16-21-8-12-25(13-9-21)39(37,38)34-14-2-3-27(34)28(36)17-22-10-11-23(18-26(22)30)29(31,32)33;1-20-9-10-23(18-26(20)29)17-24(31)16-22-11-13-25(14-12-22)35(33,34)30-15-5-8-27(30)28(32)19-21-6-3-2-4-7-21/h4-13,18,27H,2-3,14-17H2,1H3;2-4,6-7,9-14,18,27H,5,8,15-17,19H2,1H3/t2*27-/m00/s1. The van der Waals surface area contributed by atoms with Crippen molar-refractivity contribution in [2.75, 3.05) is 13.1 Å². The van der Waals surface area contributed by atoms with Gasteiger partial charge in [-0.15, -0.1) is 0 Å². The summed E-state index contributed by atoms with van der Waals surface area (Å²) in [6, 6.07) is 36.2. The summed E-state index contributed by atoms with van der Waals surface area (Å²) in [5, 5.41) is 0.436. The van der Waals surface area contributed by atoms with Crippen molar-refractivity contribution < 1.29 is 49.2 Å². The molecule has 0 N–H and O–H groups in total. The number of benzene rings is 6. The summed E-state index contributed by atoms with van der Waals surface area (Å²) in [5.41, 5.74) is 5.41. The fraction of sp³-hybridized carbons (Fsp3) is 0.298. The maximum atomic E-state index is 13.4. The molecule has 0 radical (unpaired) electrons. The molecular formula is C57H55Cl2F3N2O8S2. The summed E-state index contributed by atoms with van der Waals surface area (Å²) in [6.45, 7) is 4.35. The largest absolute Gasteiger partial charge is 0.416 e. The van der Waals surface area contributed by atoms with E-state index in [-0.39, 0.29) is 82.8 Å². The van der Waals surface area contributed by atoms with Gasteiger partial charge in [-0.25, -0.2) is 16.8 Å². The molecule has 0 bridgehead atoms. The van der Waals surface area contributed by atoms with Gasteiger partial charge in [0.05, 0.1) is 27.4 Å². The fourth-order valence-corrected chi connectivity index (χ4v) is 12.9. The van der Waals surface area contributed by atoms with E-state index in [1.807, 2.05) is 80.6 Å². The van der Waals surface area contributed by atoms with Crippen molar-refractivity contribution in [2.24, 2.45) is 0 Å². The maximum Gasteiger partial charge on any atom is 0.416 e. The van der Waals surface area contributed by atoms with Crippen molar-refractivity contribution in [3.63, 3.8) is 0 Å². The summed E-state index contributed by atoms with van der Waals surface area (Å²) < 4.78 is 94.7. The topological polar surface area (TPSA) is 143 Å². The molecule has 6 aromatic rings. The number of alkyl halides is 3. The summed E-state index contributed by atoms with van der Waals surface area (Å²) in [6.07, 6.45) is -1.77. The Kier molecular flexibility index (Phi) is 18.3.